The number of carboxylic acids is 1. The summed E-state index contributed by atoms with van der Waals surface area (Å²) >= 11 is 0. The van der Waals surface area contributed by atoms with Crippen molar-refractivity contribution in [3.63, 3.8) is 0 Å². The normalized spacial score (nSPS) is 22.5. The number of alkyl halides is 3. The van der Waals surface area contributed by atoms with Crippen LogP contribution in [0.15, 0.2) is 4.52 Å². The molecule has 0 spiro atoms. The van der Waals surface area contributed by atoms with Gasteiger partial charge in [0.15, 0.2) is 5.82 Å². The van der Waals surface area contributed by atoms with E-state index in [0.717, 1.165) is 0 Å². The van der Waals surface area contributed by atoms with Crippen molar-refractivity contribution in [1.29, 1.82) is 0 Å². The van der Waals surface area contributed by atoms with Crippen molar-refractivity contribution < 1.29 is 32.3 Å². The number of ether oxygens (including phenoxy) is 1. The van der Waals surface area contributed by atoms with E-state index in [2.05, 4.69) is 14.9 Å². The van der Waals surface area contributed by atoms with Crippen LogP contribution in [0.2, 0.25) is 0 Å². The van der Waals surface area contributed by atoms with Gasteiger partial charge in [-0.1, -0.05) is 5.16 Å². The number of halogens is 3. The average Bonchev–Trinajstić information content (AvgIpc) is 2.97. The largest absolute Gasteiger partial charge is 0.481 e. The molecule has 0 aromatic carbocycles. The monoisotopic (exact) mass is 280 g/mol. The number of nitrogens with zero attached hydrogens (tertiary/aromatic N) is 2. The highest BCUT2D eigenvalue weighted by Gasteiger charge is 2.48. The van der Waals surface area contributed by atoms with Gasteiger partial charge in [0, 0.05) is 6.42 Å². The maximum atomic E-state index is 11.8. The molecule has 0 amide bonds. The fourth-order valence-electron chi connectivity index (χ4n) is 1.61. The zero-order valence-corrected chi connectivity index (χ0v) is 9.68. The van der Waals surface area contributed by atoms with Crippen molar-refractivity contribution in [2.75, 3.05) is 13.2 Å². The molecule has 19 heavy (non-hydrogen) atoms. The molecule has 1 aromatic heterocycles. The molecule has 2 rings (SSSR count). The lowest BCUT2D eigenvalue weighted by molar-refractivity contribution is -0.173. The standard InChI is InChI=1S/C10H11F3N2O4/c11-10(12,13)4-18-2-1-7-14-8(19-15-7)5-3-6(5)9(16)17/h5-6H,1-4H2,(H,16,17). The second-order valence-electron chi connectivity index (χ2n) is 4.25. The summed E-state index contributed by atoms with van der Waals surface area (Å²) in [6.45, 7) is -1.49. The summed E-state index contributed by atoms with van der Waals surface area (Å²) in [6, 6.07) is 0. The van der Waals surface area contributed by atoms with Crippen molar-refractivity contribution in [3.05, 3.63) is 11.7 Å². The van der Waals surface area contributed by atoms with E-state index in [-0.39, 0.29) is 30.7 Å². The molecule has 1 heterocycles. The molecular formula is C10H11F3N2O4. The van der Waals surface area contributed by atoms with Gasteiger partial charge in [-0.15, -0.1) is 0 Å². The van der Waals surface area contributed by atoms with Crippen LogP contribution >= 0.6 is 0 Å². The van der Waals surface area contributed by atoms with Crippen LogP contribution in [0, 0.1) is 5.92 Å². The summed E-state index contributed by atoms with van der Waals surface area (Å²) in [5.74, 6) is -1.27. The first-order valence-electron chi connectivity index (χ1n) is 5.56. The number of hydrogen-bond acceptors (Lipinski definition) is 5. The van der Waals surface area contributed by atoms with Gasteiger partial charge in [-0.25, -0.2) is 0 Å². The molecule has 2 atom stereocenters. The number of carboxylic acid groups (broad SMARTS) is 1. The van der Waals surface area contributed by atoms with Gasteiger partial charge in [-0.05, 0) is 6.42 Å². The minimum Gasteiger partial charge on any atom is -0.481 e. The Morgan fingerprint density at radius 2 is 2.26 bits per heavy atom. The van der Waals surface area contributed by atoms with Gasteiger partial charge < -0.3 is 14.4 Å². The zero-order valence-electron chi connectivity index (χ0n) is 9.68. The molecule has 0 aliphatic heterocycles. The first kappa shape index (κ1) is 13.8. The van der Waals surface area contributed by atoms with E-state index in [1.807, 2.05) is 0 Å². The zero-order chi connectivity index (χ0) is 14.0. The van der Waals surface area contributed by atoms with Gasteiger partial charge >= 0.3 is 12.1 Å². The third-order valence-corrected chi connectivity index (χ3v) is 2.64. The molecule has 0 radical (unpaired) electrons. The Bertz CT molecular complexity index is 460. The molecule has 1 aliphatic carbocycles. The highest BCUT2D eigenvalue weighted by Crippen LogP contribution is 2.46. The number of hydrogen-bond donors (Lipinski definition) is 1. The summed E-state index contributed by atoms with van der Waals surface area (Å²) < 4.78 is 44.6. The lowest BCUT2D eigenvalue weighted by Crippen LogP contribution is -2.18. The van der Waals surface area contributed by atoms with Crippen molar-refractivity contribution in [1.82, 2.24) is 10.1 Å². The molecule has 9 heteroatoms. The summed E-state index contributed by atoms with van der Waals surface area (Å²) in [6.07, 6.45) is -3.82. The highest BCUT2D eigenvalue weighted by molar-refractivity contribution is 5.74. The van der Waals surface area contributed by atoms with Crippen LogP contribution < -0.4 is 0 Å². The van der Waals surface area contributed by atoms with Crippen molar-refractivity contribution >= 4 is 5.97 Å². The SMILES string of the molecule is O=C(O)C1CC1c1nc(CCOCC(F)(F)F)no1. The third-order valence-electron chi connectivity index (χ3n) is 2.64. The van der Waals surface area contributed by atoms with Gasteiger partial charge in [0.05, 0.1) is 18.4 Å². The quantitative estimate of drug-likeness (QED) is 0.792. The number of rotatable bonds is 6. The number of carbonyl (C=O) groups is 1. The molecule has 1 fully saturated rings. The van der Waals surface area contributed by atoms with Gasteiger partial charge in [0.1, 0.15) is 6.61 Å². The predicted octanol–water partition coefficient (Wildman–Crippen LogP) is 1.38. The van der Waals surface area contributed by atoms with E-state index in [0.29, 0.717) is 6.42 Å². The third kappa shape index (κ3) is 3.91. The lowest BCUT2D eigenvalue weighted by Gasteiger charge is -2.05. The van der Waals surface area contributed by atoms with Gasteiger partial charge in [0.2, 0.25) is 5.89 Å². The molecule has 0 saturated heterocycles. The van der Waals surface area contributed by atoms with E-state index >= 15 is 0 Å². The van der Waals surface area contributed by atoms with Gasteiger partial charge in [-0.3, -0.25) is 4.79 Å². The van der Waals surface area contributed by atoms with E-state index in [1.54, 1.807) is 0 Å². The molecule has 0 bridgehead atoms. The van der Waals surface area contributed by atoms with E-state index in [4.69, 9.17) is 9.63 Å². The summed E-state index contributed by atoms with van der Waals surface area (Å²) in [5.41, 5.74) is 0. The Hall–Kier alpha value is -1.64. The first-order valence-corrected chi connectivity index (χ1v) is 5.56. The van der Waals surface area contributed by atoms with E-state index < -0.39 is 24.7 Å². The van der Waals surface area contributed by atoms with E-state index in [9.17, 15) is 18.0 Å². The van der Waals surface area contributed by atoms with Crippen LogP contribution in [0.5, 0.6) is 0 Å². The van der Waals surface area contributed by atoms with Crippen LogP contribution in [0.4, 0.5) is 13.2 Å². The van der Waals surface area contributed by atoms with Crippen molar-refractivity contribution in [3.8, 4) is 0 Å². The summed E-state index contributed by atoms with van der Waals surface area (Å²) in [7, 11) is 0. The van der Waals surface area contributed by atoms with Crippen molar-refractivity contribution in [2.24, 2.45) is 5.92 Å². The topological polar surface area (TPSA) is 85.5 Å². The molecule has 1 saturated carbocycles. The summed E-state index contributed by atoms with van der Waals surface area (Å²) in [4.78, 5) is 14.6. The van der Waals surface area contributed by atoms with Crippen LogP contribution in [-0.4, -0.2) is 40.6 Å². The fourth-order valence-corrected chi connectivity index (χ4v) is 1.61. The maximum Gasteiger partial charge on any atom is 0.411 e. The Morgan fingerprint density at radius 3 is 2.84 bits per heavy atom. The number of aliphatic carboxylic acids is 1. The second kappa shape index (κ2) is 5.16. The minimum atomic E-state index is -4.36. The molecule has 2 unspecified atom stereocenters. The molecule has 6 nitrogen and oxygen atoms in total. The lowest BCUT2D eigenvalue weighted by atomic mass is 10.3. The molecule has 1 aliphatic rings. The van der Waals surface area contributed by atoms with E-state index in [1.165, 1.54) is 0 Å². The Kier molecular flexibility index (Phi) is 3.74. The predicted molar refractivity (Wildman–Crippen MR) is 53.4 cm³/mol. The molecule has 106 valence electrons. The van der Waals surface area contributed by atoms with Crippen LogP contribution in [-0.2, 0) is 16.0 Å². The smallest absolute Gasteiger partial charge is 0.411 e. The molecule has 1 N–H and O–H groups in total. The summed E-state index contributed by atoms with van der Waals surface area (Å²) in [5, 5.41) is 12.3. The van der Waals surface area contributed by atoms with Gasteiger partial charge in [0.25, 0.3) is 0 Å². The Labute approximate surface area is 105 Å². The van der Waals surface area contributed by atoms with Crippen LogP contribution in [0.1, 0.15) is 24.1 Å². The van der Waals surface area contributed by atoms with Crippen molar-refractivity contribution in [2.45, 2.75) is 24.9 Å². The molecular weight excluding hydrogens is 269 g/mol. The second-order valence-corrected chi connectivity index (χ2v) is 4.25. The Balaban J connectivity index is 1.75. The van der Waals surface area contributed by atoms with Crippen LogP contribution in [0.3, 0.4) is 0 Å². The Morgan fingerprint density at radius 1 is 1.53 bits per heavy atom. The average molecular weight is 280 g/mol. The minimum absolute atomic E-state index is 0.0873. The highest BCUT2D eigenvalue weighted by atomic mass is 19.4. The maximum absolute atomic E-state index is 11.8. The van der Waals surface area contributed by atoms with Gasteiger partial charge in [-0.2, -0.15) is 18.2 Å². The first-order chi connectivity index (χ1) is 8.87. The number of aromatic nitrogens is 2. The van der Waals surface area contributed by atoms with Crippen LogP contribution in [0.25, 0.3) is 0 Å². The molecule has 1 aromatic rings. The fraction of sp³-hybridized carbons (Fsp3) is 0.700.